The number of hydrogen-bond donors (Lipinski definition) is 1. The van der Waals surface area contributed by atoms with E-state index < -0.39 is 0 Å². The molecule has 1 rings (SSSR count). The molecule has 1 aromatic rings. The highest BCUT2D eigenvalue weighted by atomic mass is 14.9. The maximum atomic E-state index is 8.11. The Labute approximate surface area is 58.7 Å². The van der Waals surface area contributed by atoms with Crippen molar-refractivity contribution >= 4 is 0 Å². The van der Waals surface area contributed by atoms with Crippen LogP contribution in [0.5, 0.6) is 0 Å². The molecule has 0 spiro atoms. The van der Waals surface area contributed by atoms with E-state index in [1.54, 1.807) is 12.4 Å². The van der Waals surface area contributed by atoms with Crippen LogP contribution in [0.15, 0.2) is 12.4 Å². The molecule has 0 bridgehead atoms. The van der Waals surface area contributed by atoms with Crippen LogP contribution < -0.4 is 0 Å². The minimum Gasteiger partial charge on any atom is -0.338 e. The van der Waals surface area contributed by atoms with E-state index in [1.807, 2.05) is 6.07 Å². The zero-order chi connectivity index (χ0) is 7.23. The highest BCUT2D eigenvalue weighted by molar-refractivity contribution is 5.21. The third kappa shape index (κ3) is 1.65. The van der Waals surface area contributed by atoms with Gasteiger partial charge in [0.25, 0.3) is 0 Å². The van der Waals surface area contributed by atoms with E-state index in [9.17, 15) is 0 Å². The summed E-state index contributed by atoms with van der Waals surface area (Å²) in [5, 5.41) is 8.11. The Morgan fingerprint density at radius 1 is 1.70 bits per heavy atom. The fraction of sp³-hybridized carbons (Fsp3) is 0.143. The summed E-state index contributed by atoms with van der Waals surface area (Å²) in [6.07, 6.45) is 3.56. The Bertz CT molecular complexity index is 281. The van der Waals surface area contributed by atoms with Crippen molar-refractivity contribution in [3.05, 3.63) is 18.2 Å². The maximum absolute atomic E-state index is 8.11. The monoisotopic (exact) mass is 131 g/mol. The number of H-pyrrole nitrogens is 1. The van der Waals surface area contributed by atoms with Gasteiger partial charge in [-0.05, 0) is 5.92 Å². The summed E-state index contributed by atoms with van der Waals surface area (Å²) in [5.41, 5.74) is 0. The van der Waals surface area contributed by atoms with E-state index in [0.717, 1.165) is 0 Å². The van der Waals surface area contributed by atoms with Gasteiger partial charge in [0.1, 0.15) is 0 Å². The first-order chi connectivity index (χ1) is 4.93. The highest BCUT2D eigenvalue weighted by Crippen LogP contribution is 1.82. The second kappa shape index (κ2) is 3.32. The lowest BCUT2D eigenvalue weighted by Crippen LogP contribution is -1.73. The Balaban J connectivity index is 2.59. The lowest BCUT2D eigenvalue weighted by Gasteiger charge is -1.73. The van der Waals surface area contributed by atoms with Gasteiger partial charge in [0.2, 0.25) is 0 Å². The van der Waals surface area contributed by atoms with Gasteiger partial charge < -0.3 is 4.98 Å². The predicted octanol–water partition coefficient (Wildman–Crippen LogP) is 0.675. The van der Waals surface area contributed by atoms with Crippen LogP contribution in [0.2, 0.25) is 0 Å². The molecule has 3 nitrogen and oxygen atoms in total. The number of nitrogens with one attached hydrogen (secondary N) is 1. The van der Waals surface area contributed by atoms with E-state index in [2.05, 4.69) is 21.8 Å². The molecule has 0 saturated carbocycles. The number of aromatic nitrogens is 2. The fourth-order valence-electron chi connectivity index (χ4n) is 0.501. The quantitative estimate of drug-likeness (QED) is 0.526. The van der Waals surface area contributed by atoms with Crippen LogP contribution in [0.1, 0.15) is 12.2 Å². The van der Waals surface area contributed by atoms with Crippen molar-refractivity contribution in [2.45, 2.75) is 6.42 Å². The summed E-state index contributed by atoms with van der Waals surface area (Å²) in [4.78, 5) is 6.65. The first-order valence-electron chi connectivity index (χ1n) is 2.78. The van der Waals surface area contributed by atoms with Crippen LogP contribution in [0.3, 0.4) is 0 Å². The van der Waals surface area contributed by atoms with Crippen molar-refractivity contribution in [3.63, 3.8) is 0 Å². The second-order valence-electron chi connectivity index (χ2n) is 1.57. The van der Waals surface area contributed by atoms with Crippen LogP contribution in [-0.2, 0) is 0 Å². The molecule has 0 unspecified atom stereocenters. The Morgan fingerprint density at radius 2 is 2.60 bits per heavy atom. The minimum absolute atomic E-state index is 0.251. The molecule has 0 aliphatic carbocycles. The summed E-state index contributed by atoms with van der Waals surface area (Å²) < 4.78 is 0. The molecule has 0 fully saturated rings. The van der Waals surface area contributed by atoms with Gasteiger partial charge in [-0.1, -0.05) is 5.92 Å². The maximum Gasteiger partial charge on any atom is 0.182 e. The van der Waals surface area contributed by atoms with Crippen LogP contribution in [-0.4, -0.2) is 9.97 Å². The van der Waals surface area contributed by atoms with Gasteiger partial charge in [0.05, 0.1) is 12.5 Å². The zero-order valence-corrected chi connectivity index (χ0v) is 5.26. The van der Waals surface area contributed by atoms with Crippen molar-refractivity contribution in [2.24, 2.45) is 0 Å². The van der Waals surface area contributed by atoms with Crippen molar-refractivity contribution < 1.29 is 0 Å². The number of rotatable bonds is 0. The summed E-state index contributed by atoms with van der Waals surface area (Å²) in [5.74, 6) is 5.93. The standard InChI is InChI=1S/C7H5N3/c8-4-2-1-3-7-9-5-6-10-7/h5-6H,2H2,(H,9,10). The van der Waals surface area contributed by atoms with E-state index in [-0.39, 0.29) is 6.42 Å². The van der Waals surface area contributed by atoms with E-state index >= 15 is 0 Å². The average molecular weight is 131 g/mol. The van der Waals surface area contributed by atoms with Crippen molar-refractivity contribution in [1.29, 1.82) is 5.26 Å². The number of nitriles is 1. The SMILES string of the molecule is N#CCC#Cc1ncc[nH]1. The van der Waals surface area contributed by atoms with E-state index in [1.165, 1.54) is 0 Å². The average Bonchev–Trinajstić information content (AvgIpc) is 2.41. The normalized spacial score (nSPS) is 7.50. The molecule has 3 heteroatoms. The van der Waals surface area contributed by atoms with Gasteiger partial charge in [0, 0.05) is 12.4 Å². The molecular formula is C7H5N3. The number of hydrogen-bond acceptors (Lipinski definition) is 2. The van der Waals surface area contributed by atoms with Gasteiger partial charge in [-0.2, -0.15) is 5.26 Å². The van der Waals surface area contributed by atoms with Crippen LogP contribution in [0.25, 0.3) is 0 Å². The second-order valence-corrected chi connectivity index (χ2v) is 1.57. The molecule has 0 aromatic carbocycles. The molecule has 1 heterocycles. The third-order valence-corrected chi connectivity index (χ3v) is 0.872. The van der Waals surface area contributed by atoms with Crippen LogP contribution in [0, 0.1) is 23.2 Å². The predicted molar refractivity (Wildman–Crippen MR) is 35.7 cm³/mol. The largest absolute Gasteiger partial charge is 0.338 e. The summed E-state index contributed by atoms with van der Waals surface area (Å²) in [6, 6.07) is 1.91. The molecule has 10 heavy (non-hydrogen) atoms. The van der Waals surface area contributed by atoms with Gasteiger partial charge in [-0.3, -0.25) is 0 Å². The molecule has 0 saturated heterocycles. The highest BCUT2D eigenvalue weighted by Gasteiger charge is 1.81. The van der Waals surface area contributed by atoms with Gasteiger partial charge in [0.15, 0.2) is 5.82 Å². The Hall–Kier alpha value is -1.74. The van der Waals surface area contributed by atoms with Gasteiger partial charge in [-0.25, -0.2) is 4.98 Å². The minimum atomic E-state index is 0.251. The molecule has 0 atom stereocenters. The number of nitrogens with zero attached hydrogens (tertiary/aromatic N) is 2. The third-order valence-electron chi connectivity index (χ3n) is 0.872. The Kier molecular flexibility index (Phi) is 2.12. The topological polar surface area (TPSA) is 52.5 Å². The number of imidazole rings is 1. The number of aromatic amines is 1. The van der Waals surface area contributed by atoms with Gasteiger partial charge in [-0.15, -0.1) is 0 Å². The van der Waals surface area contributed by atoms with Crippen molar-refractivity contribution in [2.75, 3.05) is 0 Å². The molecule has 1 N–H and O–H groups in total. The van der Waals surface area contributed by atoms with Crippen molar-refractivity contribution in [1.82, 2.24) is 9.97 Å². The van der Waals surface area contributed by atoms with Gasteiger partial charge >= 0.3 is 0 Å². The van der Waals surface area contributed by atoms with E-state index in [4.69, 9.17) is 5.26 Å². The van der Waals surface area contributed by atoms with Crippen LogP contribution >= 0.6 is 0 Å². The molecule has 0 aliphatic heterocycles. The molecule has 0 amide bonds. The summed E-state index contributed by atoms with van der Waals surface area (Å²) >= 11 is 0. The van der Waals surface area contributed by atoms with Crippen molar-refractivity contribution in [3.8, 4) is 17.9 Å². The Morgan fingerprint density at radius 3 is 3.20 bits per heavy atom. The molecular weight excluding hydrogens is 126 g/mol. The summed E-state index contributed by atoms with van der Waals surface area (Å²) in [6.45, 7) is 0. The van der Waals surface area contributed by atoms with Crippen LogP contribution in [0.4, 0.5) is 0 Å². The first-order valence-corrected chi connectivity index (χ1v) is 2.78. The molecule has 48 valence electrons. The smallest absolute Gasteiger partial charge is 0.182 e. The lowest BCUT2D eigenvalue weighted by molar-refractivity contribution is 1.25. The summed E-state index contributed by atoms with van der Waals surface area (Å²) in [7, 11) is 0. The molecule has 0 aliphatic rings. The molecule has 0 radical (unpaired) electrons. The zero-order valence-electron chi connectivity index (χ0n) is 5.26. The lowest BCUT2D eigenvalue weighted by atomic mass is 10.4. The molecule has 1 aromatic heterocycles. The van der Waals surface area contributed by atoms with E-state index in [0.29, 0.717) is 5.82 Å². The fourth-order valence-corrected chi connectivity index (χ4v) is 0.501. The first kappa shape index (κ1) is 6.38.